The third kappa shape index (κ3) is 2.95. The molecule has 0 fully saturated rings. The molecule has 0 aliphatic heterocycles. The molecule has 2 heteroatoms. The number of unbranched alkanes of at least 4 members (excludes halogenated alkanes) is 1. The predicted molar refractivity (Wildman–Crippen MR) is 50.9 cm³/mol. The van der Waals surface area contributed by atoms with E-state index in [1.807, 2.05) is 6.92 Å². The molecular formula is C10H20O2. The second-order valence-corrected chi connectivity index (χ2v) is 3.53. The van der Waals surface area contributed by atoms with Crippen molar-refractivity contribution in [1.82, 2.24) is 0 Å². The monoisotopic (exact) mass is 172 g/mol. The molecule has 72 valence electrons. The van der Waals surface area contributed by atoms with Crippen molar-refractivity contribution in [2.75, 3.05) is 6.61 Å². The summed E-state index contributed by atoms with van der Waals surface area (Å²) < 4.78 is 0. The highest BCUT2D eigenvalue weighted by Gasteiger charge is 2.28. The van der Waals surface area contributed by atoms with E-state index in [1.54, 1.807) is 6.08 Å². The molecule has 0 heterocycles. The Labute approximate surface area is 74.9 Å². The fourth-order valence-electron chi connectivity index (χ4n) is 1.03. The maximum atomic E-state index is 9.67. The van der Waals surface area contributed by atoms with Gasteiger partial charge in [0.15, 0.2) is 0 Å². The Bertz CT molecular complexity index is 134. The molecule has 2 nitrogen and oxygen atoms in total. The van der Waals surface area contributed by atoms with Gasteiger partial charge in [0.25, 0.3) is 0 Å². The van der Waals surface area contributed by atoms with Gasteiger partial charge in [-0.05, 0) is 6.42 Å². The van der Waals surface area contributed by atoms with E-state index in [2.05, 4.69) is 13.5 Å². The van der Waals surface area contributed by atoms with E-state index in [-0.39, 0.29) is 6.61 Å². The van der Waals surface area contributed by atoms with E-state index in [9.17, 15) is 5.11 Å². The third-order valence-electron chi connectivity index (χ3n) is 2.40. The van der Waals surface area contributed by atoms with Gasteiger partial charge in [-0.2, -0.15) is 0 Å². The molecule has 0 aromatic carbocycles. The Morgan fingerprint density at radius 1 is 1.58 bits per heavy atom. The average Bonchev–Trinajstić information content (AvgIpc) is 2.12. The first-order chi connectivity index (χ1) is 5.60. The number of rotatable bonds is 6. The van der Waals surface area contributed by atoms with Crippen LogP contribution >= 0.6 is 0 Å². The molecule has 12 heavy (non-hydrogen) atoms. The van der Waals surface area contributed by atoms with Crippen molar-refractivity contribution in [3.05, 3.63) is 12.7 Å². The number of aliphatic hydroxyl groups excluding tert-OH is 2. The Morgan fingerprint density at radius 3 is 2.50 bits per heavy atom. The molecule has 1 unspecified atom stereocenters. The topological polar surface area (TPSA) is 40.5 Å². The van der Waals surface area contributed by atoms with Gasteiger partial charge in [-0.3, -0.25) is 0 Å². The van der Waals surface area contributed by atoms with Crippen LogP contribution in [-0.2, 0) is 0 Å². The first kappa shape index (κ1) is 11.7. The van der Waals surface area contributed by atoms with Gasteiger partial charge in [-0.15, -0.1) is 6.58 Å². The zero-order chi connectivity index (χ0) is 9.61. The number of hydrogen-bond donors (Lipinski definition) is 2. The molecule has 0 radical (unpaired) electrons. The minimum atomic E-state index is -0.533. The summed E-state index contributed by atoms with van der Waals surface area (Å²) in [6, 6.07) is 0. The van der Waals surface area contributed by atoms with Crippen LogP contribution in [0.15, 0.2) is 12.7 Å². The summed E-state index contributed by atoms with van der Waals surface area (Å²) in [4.78, 5) is 0. The summed E-state index contributed by atoms with van der Waals surface area (Å²) in [5.41, 5.74) is -0.533. The van der Waals surface area contributed by atoms with Gasteiger partial charge in [-0.25, -0.2) is 0 Å². The second kappa shape index (κ2) is 5.33. The molecule has 0 aromatic heterocycles. The van der Waals surface area contributed by atoms with Crippen LogP contribution < -0.4 is 0 Å². The lowest BCUT2D eigenvalue weighted by Crippen LogP contribution is -2.33. The van der Waals surface area contributed by atoms with Crippen molar-refractivity contribution < 1.29 is 10.2 Å². The lowest BCUT2D eigenvalue weighted by Gasteiger charge is -2.29. The predicted octanol–water partition coefficient (Wildman–Crippen LogP) is 1.72. The Kier molecular flexibility index (Phi) is 5.18. The van der Waals surface area contributed by atoms with Crippen LogP contribution in [0.1, 0.15) is 33.1 Å². The second-order valence-electron chi connectivity index (χ2n) is 3.53. The van der Waals surface area contributed by atoms with E-state index in [1.165, 1.54) is 0 Å². The zero-order valence-corrected chi connectivity index (χ0v) is 8.08. The summed E-state index contributed by atoms with van der Waals surface area (Å²) in [6.45, 7) is 7.47. The van der Waals surface area contributed by atoms with Crippen LogP contribution in [-0.4, -0.2) is 22.9 Å². The number of aliphatic hydroxyl groups is 2. The van der Waals surface area contributed by atoms with Crippen LogP contribution in [0.3, 0.4) is 0 Å². The number of hydrogen-bond acceptors (Lipinski definition) is 2. The Morgan fingerprint density at radius 2 is 2.17 bits per heavy atom. The van der Waals surface area contributed by atoms with Gasteiger partial charge >= 0.3 is 0 Å². The molecule has 0 rings (SSSR count). The van der Waals surface area contributed by atoms with Crippen LogP contribution in [0, 0.1) is 5.41 Å². The molecule has 0 aliphatic carbocycles. The van der Waals surface area contributed by atoms with E-state index < -0.39 is 11.5 Å². The van der Waals surface area contributed by atoms with Crippen molar-refractivity contribution in [2.45, 2.75) is 39.2 Å². The highest BCUT2D eigenvalue weighted by molar-refractivity contribution is 4.96. The summed E-state index contributed by atoms with van der Waals surface area (Å²) in [6.07, 6.45) is 3.95. The lowest BCUT2D eigenvalue weighted by atomic mass is 9.83. The molecule has 0 saturated carbocycles. The highest BCUT2D eigenvalue weighted by Crippen LogP contribution is 2.25. The maximum absolute atomic E-state index is 9.67. The molecular weight excluding hydrogens is 152 g/mol. The molecule has 2 N–H and O–H groups in total. The third-order valence-corrected chi connectivity index (χ3v) is 2.40. The van der Waals surface area contributed by atoms with E-state index in [0.717, 1.165) is 19.3 Å². The maximum Gasteiger partial charge on any atom is 0.0650 e. The molecule has 0 aromatic rings. The first-order valence-corrected chi connectivity index (χ1v) is 4.53. The first-order valence-electron chi connectivity index (χ1n) is 4.53. The minimum Gasteiger partial charge on any atom is -0.395 e. The summed E-state index contributed by atoms with van der Waals surface area (Å²) in [5, 5.41) is 18.7. The molecule has 2 atom stereocenters. The van der Waals surface area contributed by atoms with Crippen molar-refractivity contribution in [2.24, 2.45) is 5.41 Å². The molecule has 0 aliphatic rings. The minimum absolute atomic E-state index is 0.0403. The lowest BCUT2D eigenvalue weighted by molar-refractivity contribution is 0.0213. The largest absolute Gasteiger partial charge is 0.395 e. The molecule has 0 bridgehead atoms. The summed E-state index contributed by atoms with van der Waals surface area (Å²) in [7, 11) is 0. The fourth-order valence-corrected chi connectivity index (χ4v) is 1.03. The normalized spacial score (nSPS) is 18.3. The molecule has 0 saturated heterocycles. The van der Waals surface area contributed by atoms with Gasteiger partial charge in [-0.1, -0.05) is 32.8 Å². The van der Waals surface area contributed by atoms with Crippen molar-refractivity contribution in [3.8, 4) is 0 Å². The average molecular weight is 172 g/mol. The van der Waals surface area contributed by atoms with Gasteiger partial charge in [0.2, 0.25) is 0 Å². The smallest absolute Gasteiger partial charge is 0.0650 e. The van der Waals surface area contributed by atoms with Gasteiger partial charge in [0.05, 0.1) is 12.7 Å². The van der Waals surface area contributed by atoms with Gasteiger partial charge in [0.1, 0.15) is 0 Å². The highest BCUT2D eigenvalue weighted by atomic mass is 16.3. The van der Waals surface area contributed by atoms with Crippen molar-refractivity contribution in [1.29, 1.82) is 0 Å². The van der Waals surface area contributed by atoms with E-state index >= 15 is 0 Å². The van der Waals surface area contributed by atoms with Crippen molar-refractivity contribution in [3.63, 3.8) is 0 Å². The standard InChI is InChI=1S/C10H20O2/c1-4-6-7-9(12)10(3,5-2)8-11/h5,9,11-12H,2,4,6-8H2,1,3H3/t9?,10-/m0/s1. The Hall–Kier alpha value is -0.340. The zero-order valence-electron chi connectivity index (χ0n) is 8.08. The fraction of sp³-hybridized carbons (Fsp3) is 0.800. The Balaban J connectivity index is 4.02. The van der Waals surface area contributed by atoms with Crippen LogP contribution in [0.25, 0.3) is 0 Å². The van der Waals surface area contributed by atoms with Crippen LogP contribution in [0.5, 0.6) is 0 Å². The van der Waals surface area contributed by atoms with Crippen LogP contribution in [0.2, 0.25) is 0 Å². The summed E-state index contributed by atoms with van der Waals surface area (Å²) >= 11 is 0. The molecule has 0 spiro atoms. The van der Waals surface area contributed by atoms with Crippen LogP contribution in [0.4, 0.5) is 0 Å². The summed E-state index contributed by atoms with van der Waals surface area (Å²) in [5.74, 6) is 0. The van der Waals surface area contributed by atoms with Gasteiger partial charge in [0, 0.05) is 5.41 Å². The van der Waals surface area contributed by atoms with E-state index in [0.29, 0.717) is 0 Å². The quantitative estimate of drug-likeness (QED) is 0.599. The SMILES string of the molecule is C=C[C@@](C)(CO)C(O)CCCC. The van der Waals surface area contributed by atoms with Crippen molar-refractivity contribution >= 4 is 0 Å². The van der Waals surface area contributed by atoms with E-state index in [4.69, 9.17) is 5.11 Å². The molecule has 0 amide bonds. The van der Waals surface area contributed by atoms with Gasteiger partial charge < -0.3 is 10.2 Å².